The zero-order valence-electron chi connectivity index (χ0n) is 15.7. The normalized spacial score (nSPS) is 29.1. The molecule has 1 fully saturated rings. The van der Waals surface area contributed by atoms with E-state index in [1.54, 1.807) is 25.1 Å². The van der Waals surface area contributed by atoms with Gasteiger partial charge in [0.1, 0.15) is 0 Å². The van der Waals surface area contributed by atoms with Crippen molar-refractivity contribution in [2.24, 2.45) is 11.8 Å². The van der Waals surface area contributed by atoms with Crippen LogP contribution in [-0.2, 0) is 4.74 Å². The first-order valence-corrected chi connectivity index (χ1v) is 9.86. The molecule has 2 atom stereocenters. The molecule has 5 heteroatoms. The third-order valence-electron chi connectivity index (χ3n) is 6.15. The van der Waals surface area contributed by atoms with Crippen LogP contribution in [-0.4, -0.2) is 13.2 Å². The zero-order valence-corrected chi connectivity index (χ0v) is 15.7. The maximum Gasteiger partial charge on any atom is 0.200 e. The topological polar surface area (TPSA) is 18.5 Å². The molecular formula is C22H25F3O2. The van der Waals surface area contributed by atoms with E-state index in [0.717, 1.165) is 31.6 Å². The van der Waals surface area contributed by atoms with Crippen LogP contribution in [0.25, 0.3) is 0 Å². The average Bonchev–Trinajstić information content (AvgIpc) is 2.64. The summed E-state index contributed by atoms with van der Waals surface area (Å²) >= 11 is 0. The summed E-state index contributed by atoms with van der Waals surface area (Å²) in [6.45, 7) is 4.71. The van der Waals surface area contributed by atoms with Crippen molar-refractivity contribution in [2.45, 2.75) is 51.4 Å². The summed E-state index contributed by atoms with van der Waals surface area (Å²) in [6, 6.07) is 1.55. The highest BCUT2D eigenvalue weighted by Gasteiger charge is 2.46. The molecule has 4 rings (SSSR count). The van der Waals surface area contributed by atoms with E-state index in [9.17, 15) is 13.2 Å². The number of hydrogen-bond acceptors (Lipinski definition) is 2. The van der Waals surface area contributed by atoms with Crippen LogP contribution in [0.3, 0.4) is 0 Å². The highest BCUT2D eigenvalue weighted by molar-refractivity contribution is 5.58. The molecular weight excluding hydrogens is 353 g/mol. The molecule has 0 amide bonds. The molecule has 0 bridgehead atoms. The van der Waals surface area contributed by atoms with Gasteiger partial charge in [-0.2, -0.15) is 4.39 Å². The minimum atomic E-state index is -1.02. The molecule has 1 aromatic rings. The van der Waals surface area contributed by atoms with Gasteiger partial charge >= 0.3 is 0 Å². The third kappa shape index (κ3) is 3.15. The molecule has 27 heavy (non-hydrogen) atoms. The summed E-state index contributed by atoms with van der Waals surface area (Å²) in [5, 5.41) is 0. The van der Waals surface area contributed by atoms with E-state index in [0.29, 0.717) is 24.7 Å². The van der Waals surface area contributed by atoms with Gasteiger partial charge in [-0.25, -0.2) is 8.78 Å². The van der Waals surface area contributed by atoms with E-state index in [2.05, 4.69) is 6.92 Å². The van der Waals surface area contributed by atoms with Gasteiger partial charge in [-0.3, -0.25) is 0 Å². The highest BCUT2D eigenvalue weighted by Crippen LogP contribution is 2.57. The summed E-state index contributed by atoms with van der Waals surface area (Å²) in [6.07, 6.45) is 7.78. The van der Waals surface area contributed by atoms with Gasteiger partial charge < -0.3 is 9.47 Å². The van der Waals surface area contributed by atoms with Gasteiger partial charge in [0.2, 0.25) is 5.82 Å². The Bertz CT molecular complexity index is 791. The van der Waals surface area contributed by atoms with Crippen LogP contribution in [0.5, 0.6) is 5.75 Å². The minimum Gasteiger partial charge on any atom is -0.491 e. The molecule has 0 heterocycles. The lowest BCUT2D eigenvalue weighted by molar-refractivity contribution is 0.181. The lowest BCUT2D eigenvalue weighted by Gasteiger charge is -2.40. The molecule has 0 spiro atoms. The first kappa shape index (κ1) is 18.5. The molecule has 2 unspecified atom stereocenters. The summed E-state index contributed by atoms with van der Waals surface area (Å²) in [7, 11) is 0. The van der Waals surface area contributed by atoms with Crippen LogP contribution in [0, 0.1) is 23.5 Å². The van der Waals surface area contributed by atoms with Gasteiger partial charge in [-0.1, -0.05) is 25.8 Å². The van der Waals surface area contributed by atoms with Gasteiger partial charge in [0, 0.05) is 11.5 Å². The molecule has 0 N–H and O–H groups in total. The van der Waals surface area contributed by atoms with Crippen LogP contribution < -0.4 is 4.74 Å². The fourth-order valence-electron chi connectivity index (χ4n) is 4.49. The number of hydrogen-bond donors (Lipinski definition) is 0. The van der Waals surface area contributed by atoms with Gasteiger partial charge in [0.15, 0.2) is 23.2 Å². The molecule has 0 aromatic heterocycles. The molecule has 0 radical (unpaired) electrons. The number of halogens is 3. The zero-order chi connectivity index (χ0) is 19.1. The van der Waals surface area contributed by atoms with Crippen molar-refractivity contribution in [1.82, 2.24) is 0 Å². The molecule has 1 saturated carbocycles. The molecule has 0 aliphatic heterocycles. The third-order valence-corrected chi connectivity index (χ3v) is 6.15. The van der Waals surface area contributed by atoms with Crippen LogP contribution in [0.1, 0.15) is 62.5 Å². The molecule has 146 valence electrons. The lowest BCUT2D eigenvalue weighted by atomic mass is 9.65. The van der Waals surface area contributed by atoms with E-state index in [1.807, 2.05) is 0 Å². The average molecular weight is 378 g/mol. The molecule has 1 aromatic carbocycles. The number of rotatable bonds is 5. The Kier molecular flexibility index (Phi) is 4.95. The number of allylic oxidation sites excluding steroid dienone is 3. The number of benzene rings is 1. The molecule has 2 nitrogen and oxygen atoms in total. The second kappa shape index (κ2) is 7.25. The summed E-state index contributed by atoms with van der Waals surface area (Å²) < 4.78 is 54.7. The van der Waals surface area contributed by atoms with E-state index in [1.165, 1.54) is 0 Å². The predicted octanol–water partition coefficient (Wildman–Crippen LogP) is 6.14. The fourth-order valence-corrected chi connectivity index (χ4v) is 4.49. The van der Waals surface area contributed by atoms with E-state index in [-0.39, 0.29) is 23.0 Å². The Hall–Kier alpha value is -1.91. The molecule has 0 saturated heterocycles. The Balaban J connectivity index is 1.54. The van der Waals surface area contributed by atoms with Crippen molar-refractivity contribution in [3.63, 3.8) is 0 Å². The van der Waals surface area contributed by atoms with Crippen LogP contribution in [0.4, 0.5) is 13.2 Å². The summed E-state index contributed by atoms with van der Waals surface area (Å²) in [5.41, 5.74) is 0.698. The first-order valence-electron chi connectivity index (χ1n) is 9.86. The summed E-state index contributed by atoms with van der Waals surface area (Å²) in [4.78, 5) is 0. The standard InChI is InChI=1S/C22H25F3O2/c1-3-26-16-9-8-14-15-10-17(27-11-13-6-4-12(2)5-7-13)21(24)22(25)19(15)18(14)20(16)23/h8-10,12-14,18H,3-7,11H2,1-2H3. The second-order valence-electron chi connectivity index (χ2n) is 7.95. The van der Waals surface area contributed by atoms with Gasteiger partial charge in [0.05, 0.1) is 19.1 Å². The number of ether oxygens (including phenoxy) is 2. The Morgan fingerprint density at radius 1 is 1.04 bits per heavy atom. The van der Waals surface area contributed by atoms with Gasteiger partial charge in [0.25, 0.3) is 0 Å². The maximum atomic E-state index is 14.7. The van der Waals surface area contributed by atoms with Gasteiger partial charge in [-0.05, 0) is 49.3 Å². The maximum absolute atomic E-state index is 14.7. The first-order chi connectivity index (χ1) is 13.0. The molecule has 3 aliphatic rings. The van der Waals surface area contributed by atoms with Crippen molar-refractivity contribution >= 4 is 0 Å². The van der Waals surface area contributed by atoms with Crippen LogP contribution >= 0.6 is 0 Å². The van der Waals surface area contributed by atoms with Crippen molar-refractivity contribution in [3.05, 3.63) is 52.6 Å². The minimum absolute atomic E-state index is 0.0586. The van der Waals surface area contributed by atoms with Crippen LogP contribution in [0.2, 0.25) is 0 Å². The quantitative estimate of drug-likeness (QED) is 0.613. The van der Waals surface area contributed by atoms with Crippen molar-refractivity contribution in [2.75, 3.05) is 13.2 Å². The largest absolute Gasteiger partial charge is 0.491 e. The van der Waals surface area contributed by atoms with Gasteiger partial charge in [-0.15, -0.1) is 0 Å². The fraction of sp³-hybridized carbons (Fsp3) is 0.545. The van der Waals surface area contributed by atoms with Crippen molar-refractivity contribution < 1.29 is 22.6 Å². The van der Waals surface area contributed by atoms with Crippen LogP contribution in [0.15, 0.2) is 29.8 Å². The van der Waals surface area contributed by atoms with Crippen molar-refractivity contribution in [3.8, 4) is 5.75 Å². The lowest BCUT2D eigenvalue weighted by Crippen LogP contribution is -2.29. The van der Waals surface area contributed by atoms with E-state index >= 15 is 0 Å². The monoisotopic (exact) mass is 378 g/mol. The molecule has 3 aliphatic carbocycles. The Morgan fingerprint density at radius 2 is 1.78 bits per heavy atom. The Labute approximate surface area is 158 Å². The predicted molar refractivity (Wildman–Crippen MR) is 97.4 cm³/mol. The van der Waals surface area contributed by atoms with Crippen molar-refractivity contribution in [1.29, 1.82) is 0 Å². The van der Waals surface area contributed by atoms with E-state index in [4.69, 9.17) is 9.47 Å². The smallest absolute Gasteiger partial charge is 0.200 e. The highest BCUT2D eigenvalue weighted by atomic mass is 19.2. The van der Waals surface area contributed by atoms with E-state index < -0.39 is 23.4 Å². The summed E-state index contributed by atoms with van der Waals surface area (Å²) in [5.74, 6) is -2.48. The Morgan fingerprint density at radius 3 is 2.48 bits per heavy atom. The SMILES string of the molecule is CCOC1=C(F)C2c3c(cc(OCC4CCC(C)CC4)c(F)c3F)C2C=C1. The number of fused-ring (bicyclic) bond motifs is 4. The second-order valence-corrected chi connectivity index (χ2v) is 7.95.